The number of aldehydes is 1. The molecule has 2 amide bonds. The zero-order chi connectivity index (χ0) is 15.5. The van der Waals surface area contributed by atoms with Gasteiger partial charge in [0.05, 0.1) is 13.1 Å². The Morgan fingerprint density at radius 2 is 1.47 bits per heavy atom. The van der Waals surface area contributed by atoms with Crippen molar-refractivity contribution in [1.29, 1.82) is 0 Å². The molecule has 0 aliphatic heterocycles. The fraction of sp³-hybridized carbons (Fsp3) is 0.615. The number of rotatable bonds is 5. The molecule has 0 atom stereocenters. The van der Waals surface area contributed by atoms with Crippen molar-refractivity contribution in [2.45, 2.75) is 27.2 Å². The second kappa shape index (κ2) is 21.6. The number of carbonyl (C=O) groups excluding carboxylic acids is 3. The zero-order valence-electron chi connectivity index (χ0n) is 12.6. The van der Waals surface area contributed by atoms with Gasteiger partial charge < -0.3 is 20.7 Å². The van der Waals surface area contributed by atoms with Gasteiger partial charge in [-0.3, -0.25) is 9.59 Å². The van der Waals surface area contributed by atoms with E-state index in [1.807, 2.05) is 40.1 Å². The summed E-state index contributed by atoms with van der Waals surface area (Å²) in [5.74, 6) is -0.542. The average molecular weight is 273 g/mol. The number of nitrogens with one attached hydrogen (secondary N) is 3. The quantitative estimate of drug-likeness (QED) is 0.495. The SMILES string of the molecule is C/C=C/C.CCC(=O)NCC(=O)NCC=O.CNC. The van der Waals surface area contributed by atoms with Gasteiger partial charge in [-0.25, -0.2) is 0 Å². The Hall–Kier alpha value is -1.69. The highest BCUT2D eigenvalue weighted by atomic mass is 16.2. The summed E-state index contributed by atoms with van der Waals surface area (Å²) < 4.78 is 0. The maximum atomic E-state index is 10.7. The van der Waals surface area contributed by atoms with Gasteiger partial charge in [0.15, 0.2) is 0 Å². The van der Waals surface area contributed by atoms with E-state index in [2.05, 4.69) is 16.0 Å². The second-order valence-electron chi connectivity index (χ2n) is 3.27. The molecule has 0 rings (SSSR count). The molecule has 0 spiro atoms. The molecule has 6 heteroatoms. The van der Waals surface area contributed by atoms with Crippen LogP contribution in [0.15, 0.2) is 12.2 Å². The summed E-state index contributed by atoms with van der Waals surface area (Å²) in [6.45, 7) is 5.61. The van der Waals surface area contributed by atoms with Gasteiger partial charge >= 0.3 is 0 Å². The first-order chi connectivity index (χ1) is 9.03. The first-order valence-corrected chi connectivity index (χ1v) is 6.16. The lowest BCUT2D eigenvalue weighted by molar-refractivity contribution is -0.126. The van der Waals surface area contributed by atoms with Crippen molar-refractivity contribution >= 4 is 18.1 Å². The monoisotopic (exact) mass is 273 g/mol. The smallest absolute Gasteiger partial charge is 0.239 e. The lowest BCUT2D eigenvalue weighted by atomic mass is 10.4. The van der Waals surface area contributed by atoms with E-state index in [9.17, 15) is 14.4 Å². The molecular formula is C13H27N3O3. The fourth-order valence-electron chi connectivity index (χ4n) is 0.522. The van der Waals surface area contributed by atoms with Gasteiger partial charge in [0, 0.05) is 6.42 Å². The minimum atomic E-state index is -0.357. The van der Waals surface area contributed by atoms with Gasteiger partial charge in [-0.2, -0.15) is 0 Å². The first-order valence-electron chi connectivity index (χ1n) is 6.16. The molecule has 0 aliphatic carbocycles. The van der Waals surface area contributed by atoms with Gasteiger partial charge in [0.1, 0.15) is 6.29 Å². The minimum Gasteiger partial charge on any atom is -0.348 e. The molecule has 0 aromatic heterocycles. The molecule has 112 valence electrons. The number of allylic oxidation sites excluding steroid dienone is 2. The normalized spacial score (nSPS) is 8.47. The van der Waals surface area contributed by atoms with Crippen LogP contribution in [0.2, 0.25) is 0 Å². The highest BCUT2D eigenvalue weighted by molar-refractivity contribution is 5.85. The van der Waals surface area contributed by atoms with Crippen LogP contribution in [0.4, 0.5) is 0 Å². The van der Waals surface area contributed by atoms with E-state index in [0.29, 0.717) is 12.7 Å². The standard InChI is InChI=1S/C7H12N2O3.C4H8.C2H7N/c1-2-6(11)9-5-7(12)8-3-4-10;1-3-4-2;1-3-2/h4H,2-3,5H2,1H3,(H,8,12)(H,9,11);3-4H,1-2H3;3H,1-2H3/b;4-3+;. The van der Waals surface area contributed by atoms with Gasteiger partial charge in [0.25, 0.3) is 0 Å². The maximum Gasteiger partial charge on any atom is 0.239 e. The molecule has 6 nitrogen and oxygen atoms in total. The predicted molar refractivity (Wildman–Crippen MR) is 77.8 cm³/mol. The zero-order valence-corrected chi connectivity index (χ0v) is 12.6. The van der Waals surface area contributed by atoms with Gasteiger partial charge in [-0.05, 0) is 27.9 Å². The van der Waals surface area contributed by atoms with E-state index < -0.39 is 0 Å². The molecule has 0 unspecified atom stereocenters. The highest BCUT2D eigenvalue weighted by Crippen LogP contribution is 1.73. The molecule has 19 heavy (non-hydrogen) atoms. The Kier molecular flexibility index (Phi) is 25.5. The van der Waals surface area contributed by atoms with Crippen LogP contribution in [0.3, 0.4) is 0 Å². The van der Waals surface area contributed by atoms with E-state index in [0.717, 1.165) is 0 Å². The molecule has 0 fully saturated rings. The van der Waals surface area contributed by atoms with Crippen molar-refractivity contribution in [3.05, 3.63) is 12.2 Å². The number of hydrogen-bond acceptors (Lipinski definition) is 4. The Balaban J connectivity index is -0.000000303. The van der Waals surface area contributed by atoms with Crippen LogP contribution in [0, 0.1) is 0 Å². The largest absolute Gasteiger partial charge is 0.348 e. The van der Waals surface area contributed by atoms with Crippen molar-refractivity contribution in [2.24, 2.45) is 0 Å². The van der Waals surface area contributed by atoms with Crippen molar-refractivity contribution in [3.63, 3.8) is 0 Å². The molecule has 0 radical (unpaired) electrons. The molecule has 0 saturated heterocycles. The van der Waals surface area contributed by atoms with Crippen LogP contribution in [-0.4, -0.2) is 45.3 Å². The summed E-state index contributed by atoms with van der Waals surface area (Å²) >= 11 is 0. The van der Waals surface area contributed by atoms with E-state index >= 15 is 0 Å². The highest BCUT2D eigenvalue weighted by Gasteiger charge is 2.01. The van der Waals surface area contributed by atoms with E-state index in [4.69, 9.17) is 0 Å². The summed E-state index contributed by atoms with van der Waals surface area (Å²) in [5.41, 5.74) is 0. The van der Waals surface area contributed by atoms with Gasteiger partial charge in [-0.15, -0.1) is 0 Å². The van der Waals surface area contributed by atoms with Crippen LogP contribution < -0.4 is 16.0 Å². The third-order valence-corrected chi connectivity index (χ3v) is 1.48. The molecule has 0 heterocycles. The van der Waals surface area contributed by atoms with Crippen molar-refractivity contribution in [1.82, 2.24) is 16.0 Å². The van der Waals surface area contributed by atoms with E-state index in [-0.39, 0.29) is 24.9 Å². The van der Waals surface area contributed by atoms with Crippen molar-refractivity contribution in [3.8, 4) is 0 Å². The summed E-state index contributed by atoms with van der Waals surface area (Å²) in [7, 11) is 3.75. The van der Waals surface area contributed by atoms with Crippen LogP contribution in [0.25, 0.3) is 0 Å². The Morgan fingerprint density at radius 3 is 1.79 bits per heavy atom. The number of amides is 2. The van der Waals surface area contributed by atoms with Gasteiger partial charge in [0.2, 0.25) is 11.8 Å². The summed E-state index contributed by atoms with van der Waals surface area (Å²) in [4.78, 5) is 31.2. The summed E-state index contributed by atoms with van der Waals surface area (Å²) in [6.07, 6.45) is 4.93. The van der Waals surface area contributed by atoms with E-state index in [1.165, 1.54) is 0 Å². The summed E-state index contributed by atoms with van der Waals surface area (Å²) in [5, 5.41) is 7.41. The molecule has 3 N–H and O–H groups in total. The Bertz CT molecular complexity index is 250. The molecular weight excluding hydrogens is 246 g/mol. The van der Waals surface area contributed by atoms with Crippen LogP contribution >= 0.6 is 0 Å². The third kappa shape index (κ3) is 31.4. The minimum absolute atomic E-state index is 0.0131. The van der Waals surface area contributed by atoms with Crippen molar-refractivity contribution in [2.75, 3.05) is 27.2 Å². The molecule has 0 saturated carbocycles. The molecule has 0 aliphatic rings. The topological polar surface area (TPSA) is 87.3 Å². The third-order valence-electron chi connectivity index (χ3n) is 1.48. The fourth-order valence-corrected chi connectivity index (χ4v) is 0.522. The number of carbonyl (C=O) groups is 3. The van der Waals surface area contributed by atoms with Crippen molar-refractivity contribution < 1.29 is 14.4 Å². The molecule has 0 bridgehead atoms. The molecule has 0 aromatic rings. The molecule has 0 aromatic carbocycles. The summed E-state index contributed by atoms with van der Waals surface area (Å²) in [6, 6.07) is 0. The van der Waals surface area contributed by atoms with E-state index in [1.54, 1.807) is 6.92 Å². The first kappa shape index (κ1) is 22.5. The van der Waals surface area contributed by atoms with Gasteiger partial charge in [-0.1, -0.05) is 19.1 Å². The Morgan fingerprint density at radius 1 is 1.00 bits per heavy atom. The number of hydrogen-bond donors (Lipinski definition) is 3. The maximum absolute atomic E-state index is 10.7. The Labute approximate surface area is 116 Å². The van der Waals surface area contributed by atoms with Crippen LogP contribution in [0.5, 0.6) is 0 Å². The predicted octanol–water partition coefficient (Wildman–Crippen LogP) is 0.246. The second-order valence-corrected chi connectivity index (χ2v) is 3.27. The average Bonchev–Trinajstić information content (AvgIpc) is 2.43. The lowest BCUT2D eigenvalue weighted by Gasteiger charge is -2.02. The lowest BCUT2D eigenvalue weighted by Crippen LogP contribution is -2.37. The van der Waals surface area contributed by atoms with Crippen LogP contribution in [0.1, 0.15) is 27.2 Å². The van der Waals surface area contributed by atoms with Crippen LogP contribution in [-0.2, 0) is 14.4 Å².